The predicted molar refractivity (Wildman–Crippen MR) is 131 cm³/mol. The van der Waals surface area contributed by atoms with Gasteiger partial charge in [-0.15, -0.1) is 0 Å². The monoisotopic (exact) mass is 414 g/mol. The zero-order valence-electron chi connectivity index (χ0n) is 17.0. The highest BCUT2D eigenvalue weighted by Crippen LogP contribution is 2.09. The number of hydrogen-bond acceptors (Lipinski definition) is 3. The minimum Gasteiger partial charge on any atom is -0.256 e. The van der Waals surface area contributed by atoms with Crippen molar-refractivity contribution in [3.63, 3.8) is 0 Å². The van der Waals surface area contributed by atoms with Gasteiger partial charge in [0.05, 0.1) is 16.6 Å². The molecule has 0 saturated carbocycles. The van der Waals surface area contributed by atoms with Crippen LogP contribution >= 0.6 is 0 Å². The number of pyridine rings is 3. The third-order valence-corrected chi connectivity index (χ3v) is 4.54. The average molecular weight is 414 g/mol. The maximum Gasteiger partial charge on any atom is 0.0701 e. The number of aromatic nitrogens is 3. The summed E-state index contributed by atoms with van der Waals surface area (Å²) < 4.78 is 0. The lowest BCUT2D eigenvalue weighted by Crippen LogP contribution is -1.73. The molecule has 0 atom stereocenters. The molecule has 0 spiro atoms. The zero-order valence-corrected chi connectivity index (χ0v) is 18.2. The van der Waals surface area contributed by atoms with Gasteiger partial charge in [-0.2, -0.15) is 0 Å². The molecule has 0 fully saturated rings. The van der Waals surface area contributed by atoms with Gasteiger partial charge in [0.1, 0.15) is 0 Å². The van der Waals surface area contributed by atoms with E-state index in [0.717, 1.165) is 16.6 Å². The first kappa shape index (κ1) is 22.1. The number of para-hydroxylation sites is 3. The Morgan fingerprint density at radius 1 is 0.323 bits per heavy atom. The van der Waals surface area contributed by atoms with Crippen LogP contribution in [0, 0.1) is 0 Å². The second-order valence-electron chi connectivity index (χ2n) is 6.59. The average Bonchev–Trinajstić information content (AvgIpc) is 2.85. The van der Waals surface area contributed by atoms with Crippen molar-refractivity contribution >= 4 is 50.1 Å². The van der Waals surface area contributed by atoms with Crippen LogP contribution in [0.25, 0.3) is 32.7 Å². The number of hydrogen-bond donors (Lipinski definition) is 0. The molecule has 0 aliphatic rings. The lowest BCUT2D eigenvalue weighted by atomic mass is 10.2. The topological polar surface area (TPSA) is 38.7 Å². The molecule has 4 heteroatoms. The predicted octanol–water partition coefficient (Wildman–Crippen LogP) is 6.32. The van der Waals surface area contributed by atoms with Gasteiger partial charge in [0.15, 0.2) is 0 Å². The molecule has 147 valence electrons. The molecule has 3 aromatic heterocycles. The van der Waals surface area contributed by atoms with Crippen molar-refractivity contribution in [3.8, 4) is 0 Å². The quantitative estimate of drug-likeness (QED) is 0.273. The molecular formula is C27H21AlN3. The van der Waals surface area contributed by atoms with Gasteiger partial charge in [0, 0.05) is 52.1 Å². The summed E-state index contributed by atoms with van der Waals surface area (Å²) in [7, 11) is 0. The second kappa shape index (κ2) is 11.6. The van der Waals surface area contributed by atoms with Gasteiger partial charge >= 0.3 is 0 Å². The van der Waals surface area contributed by atoms with Crippen molar-refractivity contribution in [2.75, 3.05) is 0 Å². The van der Waals surface area contributed by atoms with Crippen molar-refractivity contribution in [1.29, 1.82) is 0 Å². The highest BCUT2D eigenvalue weighted by atomic mass is 27.0. The summed E-state index contributed by atoms with van der Waals surface area (Å²) in [5.74, 6) is 0. The first-order valence-corrected chi connectivity index (χ1v) is 9.79. The summed E-state index contributed by atoms with van der Waals surface area (Å²) in [6, 6.07) is 36.3. The normalized spacial score (nSPS) is 9.68. The van der Waals surface area contributed by atoms with Gasteiger partial charge in [0.2, 0.25) is 0 Å². The molecule has 0 unspecified atom stereocenters. The summed E-state index contributed by atoms with van der Waals surface area (Å²) in [4.78, 5) is 12.5. The van der Waals surface area contributed by atoms with E-state index in [-0.39, 0.29) is 17.4 Å². The smallest absolute Gasteiger partial charge is 0.0701 e. The Hall–Kier alpha value is -3.58. The van der Waals surface area contributed by atoms with Crippen LogP contribution in [-0.4, -0.2) is 32.3 Å². The van der Waals surface area contributed by atoms with Crippen molar-refractivity contribution in [2.24, 2.45) is 0 Å². The molecule has 31 heavy (non-hydrogen) atoms. The van der Waals surface area contributed by atoms with Gasteiger partial charge in [-0.3, -0.25) is 15.0 Å². The van der Waals surface area contributed by atoms with Crippen LogP contribution in [0.3, 0.4) is 0 Å². The van der Waals surface area contributed by atoms with Gasteiger partial charge in [0.25, 0.3) is 0 Å². The summed E-state index contributed by atoms with van der Waals surface area (Å²) in [5.41, 5.74) is 3.18. The van der Waals surface area contributed by atoms with E-state index in [0.29, 0.717) is 0 Å². The van der Waals surface area contributed by atoms with E-state index in [2.05, 4.69) is 51.4 Å². The molecule has 0 N–H and O–H groups in total. The standard InChI is InChI=1S/3C9H7N.Al/c3*1-2-6-9-8(4-1)5-3-7-10-9;/h3*1-7H;. The molecule has 6 rings (SSSR count). The van der Waals surface area contributed by atoms with Crippen molar-refractivity contribution in [3.05, 3.63) is 128 Å². The fourth-order valence-electron chi connectivity index (χ4n) is 3.05. The Balaban J connectivity index is 0.000000130. The highest BCUT2D eigenvalue weighted by Gasteiger charge is 1.88. The van der Waals surface area contributed by atoms with Crippen molar-refractivity contribution in [2.45, 2.75) is 0 Å². The Morgan fingerprint density at radius 2 is 0.581 bits per heavy atom. The molecule has 0 bridgehead atoms. The number of rotatable bonds is 0. The van der Waals surface area contributed by atoms with Crippen LogP contribution in [0.15, 0.2) is 128 Å². The first-order valence-electron chi connectivity index (χ1n) is 9.79. The second-order valence-corrected chi connectivity index (χ2v) is 6.59. The van der Waals surface area contributed by atoms with Crippen LogP contribution in [-0.2, 0) is 0 Å². The minimum absolute atomic E-state index is 0. The highest BCUT2D eigenvalue weighted by molar-refractivity contribution is 5.79. The number of fused-ring (bicyclic) bond motifs is 3. The Morgan fingerprint density at radius 3 is 0.871 bits per heavy atom. The molecular weight excluding hydrogens is 393 g/mol. The van der Waals surface area contributed by atoms with Gasteiger partial charge in [-0.05, 0) is 36.4 Å². The molecule has 3 radical (unpaired) electrons. The van der Waals surface area contributed by atoms with Crippen LogP contribution < -0.4 is 0 Å². The van der Waals surface area contributed by atoms with E-state index >= 15 is 0 Å². The summed E-state index contributed by atoms with van der Waals surface area (Å²) in [6.07, 6.45) is 5.42. The molecule has 0 saturated heterocycles. The lowest BCUT2D eigenvalue weighted by molar-refractivity contribution is 1.41. The van der Waals surface area contributed by atoms with Crippen molar-refractivity contribution in [1.82, 2.24) is 15.0 Å². The molecule has 0 aliphatic carbocycles. The van der Waals surface area contributed by atoms with E-state index in [1.165, 1.54) is 16.2 Å². The SMILES string of the molecule is [Al].c1ccc2ncccc2c1.c1ccc2ncccc2c1.c1ccc2ncccc2c1. The summed E-state index contributed by atoms with van der Waals surface area (Å²) in [5, 5.41) is 3.60. The molecule has 0 aliphatic heterocycles. The third kappa shape index (κ3) is 6.20. The maximum absolute atomic E-state index is 4.18. The molecule has 3 heterocycles. The van der Waals surface area contributed by atoms with Gasteiger partial charge in [-0.1, -0.05) is 72.8 Å². The minimum atomic E-state index is 0. The molecule has 3 nitrogen and oxygen atoms in total. The first-order chi connectivity index (χ1) is 14.9. The fraction of sp³-hybridized carbons (Fsp3) is 0. The number of benzene rings is 3. The van der Waals surface area contributed by atoms with E-state index in [1.54, 1.807) is 0 Å². The van der Waals surface area contributed by atoms with Gasteiger partial charge < -0.3 is 0 Å². The molecule has 3 aromatic carbocycles. The van der Waals surface area contributed by atoms with E-state index < -0.39 is 0 Å². The van der Waals surface area contributed by atoms with Crippen LogP contribution in [0.2, 0.25) is 0 Å². The Bertz CT molecular complexity index is 1000. The lowest BCUT2D eigenvalue weighted by Gasteiger charge is -1.91. The number of nitrogens with zero attached hydrogens (tertiary/aromatic N) is 3. The van der Waals surface area contributed by atoms with Crippen molar-refractivity contribution < 1.29 is 0 Å². The maximum atomic E-state index is 4.18. The Labute approximate surface area is 192 Å². The summed E-state index contributed by atoms with van der Waals surface area (Å²) >= 11 is 0. The van der Waals surface area contributed by atoms with E-state index in [1.807, 2.05) is 91.4 Å². The van der Waals surface area contributed by atoms with E-state index in [9.17, 15) is 0 Å². The third-order valence-electron chi connectivity index (χ3n) is 4.54. The van der Waals surface area contributed by atoms with Gasteiger partial charge in [-0.25, -0.2) is 0 Å². The molecule has 0 amide bonds. The Kier molecular flexibility index (Phi) is 8.25. The van der Waals surface area contributed by atoms with Crippen LogP contribution in [0.1, 0.15) is 0 Å². The molecule has 6 aromatic rings. The fourth-order valence-corrected chi connectivity index (χ4v) is 3.05. The van der Waals surface area contributed by atoms with E-state index in [4.69, 9.17) is 0 Å². The summed E-state index contributed by atoms with van der Waals surface area (Å²) in [6.45, 7) is 0. The zero-order chi connectivity index (χ0) is 20.4. The van der Waals surface area contributed by atoms with Crippen LogP contribution in [0.5, 0.6) is 0 Å². The van der Waals surface area contributed by atoms with Crippen LogP contribution in [0.4, 0.5) is 0 Å². The largest absolute Gasteiger partial charge is 0.256 e.